The van der Waals surface area contributed by atoms with Gasteiger partial charge in [0.15, 0.2) is 6.61 Å². The maximum atomic E-state index is 11.2. The summed E-state index contributed by atoms with van der Waals surface area (Å²) in [5.41, 5.74) is 2.08. The standard InChI is InChI=1S/C10H12BrNO4S/c11-8-5-4-7(17-8)2-1-3-9(13)12-16-6-10(14)15/h4-5H,1-3,6H2,(H,12,13)(H,14,15). The molecule has 1 aromatic heterocycles. The highest BCUT2D eigenvalue weighted by atomic mass is 79.9. The Morgan fingerprint density at radius 3 is 2.82 bits per heavy atom. The number of hydrogen-bond acceptors (Lipinski definition) is 4. The Bertz CT molecular complexity index is 393. The molecular weight excluding hydrogens is 310 g/mol. The SMILES string of the molecule is O=C(O)CONC(=O)CCCc1ccc(Br)s1. The predicted molar refractivity (Wildman–Crippen MR) is 66.7 cm³/mol. The quantitative estimate of drug-likeness (QED) is 0.753. The fraction of sp³-hybridized carbons (Fsp3) is 0.400. The molecule has 0 aromatic carbocycles. The van der Waals surface area contributed by atoms with Crippen LogP contribution in [-0.2, 0) is 20.8 Å². The monoisotopic (exact) mass is 321 g/mol. The van der Waals surface area contributed by atoms with E-state index >= 15 is 0 Å². The van der Waals surface area contributed by atoms with Crippen molar-refractivity contribution in [2.24, 2.45) is 0 Å². The van der Waals surface area contributed by atoms with Crippen molar-refractivity contribution in [1.82, 2.24) is 5.48 Å². The Hall–Kier alpha value is -0.920. The van der Waals surface area contributed by atoms with Crippen LogP contribution in [0.3, 0.4) is 0 Å². The number of aliphatic carboxylic acids is 1. The van der Waals surface area contributed by atoms with Crippen molar-refractivity contribution < 1.29 is 19.5 Å². The summed E-state index contributed by atoms with van der Waals surface area (Å²) in [5, 5.41) is 8.27. The second-order valence-corrected chi connectivity index (χ2v) is 5.81. The molecule has 0 aliphatic heterocycles. The highest BCUT2D eigenvalue weighted by Crippen LogP contribution is 2.23. The molecule has 0 saturated heterocycles. The number of carbonyl (C=O) groups is 2. The molecule has 0 atom stereocenters. The maximum Gasteiger partial charge on any atom is 0.332 e. The summed E-state index contributed by atoms with van der Waals surface area (Å²) >= 11 is 5.00. The molecule has 0 bridgehead atoms. The van der Waals surface area contributed by atoms with Crippen LogP contribution >= 0.6 is 27.3 Å². The van der Waals surface area contributed by atoms with Gasteiger partial charge in [-0.15, -0.1) is 11.3 Å². The fourth-order valence-electron chi connectivity index (χ4n) is 1.14. The van der Waals surface area contributed by atoms with Crippen LogP contribution in [0.15, 0.2) is 15.9 Å². The number of hydrogen-bond donors (Lipinski definition) is 2. The first kappa shape index (κ1) is 14.1. The van der Waals surface area contributed by atoms with E-state index < -0.39 is 12.6 Å². The third-order valence-corrected chi connectivity index (χ3v) is 3.52. The Morgan fingerprint density at radius 2 is 2.24 bits per heavy atom. The third kappa shape index (κ3) is 6.40. The molecule has 0 radical (unpaired) electrons. The Kier molecular flexibility index (Phi) is 6.17. The highest BCUT2D eigenvalue weighted by molar-refractivity contribution is 9.11. The number of hydroxylamine groups is 1. The summed E-state index contributed by atoms with van der Waals surface area (Å²) in [5.74, 6) is -1.42. The minimum atomic E-state index is -1.12. The second-order valence-electron chi connectivity index (χ2n) is 3.27. The van der Waals surface area contributed by atoms with E-state index in [4.69, 9.17) is 5.11 Å². The summed E-state index contributed by atoms with van der Waals surface area (Å²) in [6.07, 6.45) is 1.84. The van der Waals surface area contributed by atoms with Gasteiger partial charge in [0.2, 0.25) is 5.91 Å². The van der Waals surface area contributed by atoms with Crippen LogP contribution in [0.25, 0.3) is 0 Å². The summed E-state index contributed by atoms with van der Waals surface area (Å²) in [7, 11) is 0. The molecule has 0 unspecified atom stereocenters. The van der Waals surface area contributed by atoms with Gasteiger partial charge in [-0.25, -0.2) is 10.3 Å². The molecular formula is C10H12BrNO4S. The summed E-state index contributed by atoms with van der Waals surface area (Å²) in [6.45, 7) is -0.524. The molecule has 1 heterocycles. The van der Waals surface area contributed by atoms with Crippen molar-refractivity contribution in [3.05, 3.63) is 20.8 Å². The number of amides is 1. The van der Waals surface area contributed by atoms with Crippen molar-refractivity contribution in [2.75, 3.05) is 6.61 Å². The number of nitrogens with one attached hydrogen (secondary N) is 1. The number of carboxylic acid groups (broad SMARTS) is 1. The first-order valence-corrected chi connectivity index (χ1v) is 6.55. The van der Waals surface area contributed by atoms with Gasteiger partial charge in [0.05, 0.1) is 3.79 Å². The van der Waals surface area contributed by atoms with E-state index in [1.165, 1.54) is 4.88 Å². The zero-order valence-electron chi connectivity index (χ0n) is 8.94. The van der Waals surface area contributed by atoms with Gasteiger partial charge in [-0.1, -0.05) is 0 Å². The molecule has 7 heteroatoms. The lowest BCUT2D eigenvalue weighted by molar-refractivity contribution is -0.149. The van der Waals surface area contributed by atoms with Crippen LogP contribution < -0.4 is 5.48 Å². The Balaban J connectivity index is 2.10. The van der Waals surface area contributed by atoms with E-state index in [1.54, 1.807) is 11.3 Å². The molecule has 0 fully saturated rings. The lowest BCUT2D eigenvalue weighted by atomic mass is 10.2. The van der Waals surface area contributed by atoms with Gasteiger partial charge in [-0.05, 0) is 40.9 Å². The van der Waals surface area contributed by atoms with Gasteiger partial charge in [-0.3, -0.25) is 9.63 Å². The zero-order valence-corrected chi connectivity index (χ0v) is 11.3. The largest absolute Gasteiger partial charge is 0.479 e. The van der Waals surface area contributed by atoms with Gasteiger partial charge in [0, 0.05) is 11.3 Å². The summed E-state index contributed by atoms with van der Waals surface area (Å²) < 4.78 is 1.07. The molecule has 1 aromatic rings. The van der Waals surface area contributed by atoms with Crippen molar-refractivity contribution >= 4 is 39.1 Å². The van der Waals surface area contributed by atoms with Crippen LogP contribution in [0.1, 0.15) is 17.7 Å². The average molecular weight is 322 g/mol. The van der Waals surface area contributed by atoms with Crippen LogP contribution in [-0.4, -0.2) is 23.6 Å². The molecule has 0 aliphatic rings. The first-order chi connectivity index (χ1) is 8.08. The van der Waals surface area contributed by atoms with E-state index in [1.807, 2.05) is 12.1 Å². The van der Waals surface area contributed by atoms with Gasteiger partial charge < -0.3 is 5.11 Å². The van der Waals surface area contributed by atoms with E-state index in [0.29, 0.717) is 12.8 Å². The number of halogens is 1. The first-order valence-electron chi connectivity index (χ1n) is 4.94. The summed E-state index contributed by atoms with van der Waals surface area (Å²) in [4.78, 5) is 27.0. The topological polar surface area (TPSA) is 75.6 Å². The molecule has 0 aliphatic carbocycles. The normalized spacial score (nSPS) is 10.2. The van der Waals surface area contributed by atoms with Crippen molar-refractivity contribution in [2.45, 2.75) is 19.3 Å². The highest BCUT2D eigenvalue weighted by Gasteiger charge is 2.04. The van der Waals surface area contributed by atoms with Gasteiger partial charge in [-0.2, -0.15) is 0 Å². The van der Waals surface area contributed by atoms with Crippen molar-refractivity contribution in [3.63, 3.8) is 0 Å². The fourth-order valence-corrected chi connectivity index (χ4v) is 2.66. The van der Waals surface area contributed by atoms with Gasteiger partial charge in [0.1, 0.15) is 0 Å². The minimum Gasteiger partial charge on any atom is -0.479 e. The molecule has 0 spiro atoms. The molecule has 1 rings (SSSR count). The predicted octanol–water partition coefficient (Wildman–Crippen LogP) is 1.97. The van der Waals surface area contributed by atoms with Crippen LogP contribution in [0.2, 0.25) is 0 Å². The van der Waals surface area contributed by atoms with Crippen LogP contribution in [0, 0.1) is 0 Å². The zero-order chi connectivity index (χ0) is 12.7. The smallest absolute Gasteiger partial charge is 0.332 e. The number of thiophene rings is 1. The van der Waals surface area contributed by atoms with Crippen molar-refractivity contribution in [1.29, 1.82) is 0 Å². The van der Waals surface area contributed by atoms with Crippen LogP contribution in [0.5, 0.6) is 0 Å². The van der Waals surface area contributed by atoms with Gasteiger partial charge in [0.25, 0.3) is 0 Å². The number of carboxylic acids is 1. The van der Waals surface area contributed by atoms with Crippen LogP contribution in [0.4, 0.5) is 0 Å². The summed E-state index contributed by atoms with van der Waals surface area (Å²) in [6, 6.07) is 3.98. The number of carbonyl (C=O) groups excluding carboxylic acids is 1. The Labute approximate surface area is 111 Å². The number of aryl methyl sites for hydroxylation is 1. The average Bonchev–Trinajstić information content (AvgIpc) is 2.63. The number of rotatable bonds is 7. The minimum absolute atomic E-state index is 0.304. The van der Waals surface area contributed by atoms with E-state index in [0.717, 1.165) is 10.2 Å². The van der Waals surface area contributed by atoms with Gasteiger partial charge >= 0.3 is 5.97 Å². The lowest BCUT2D eigenvalue weighted by Crippen LogP contribution is -2.26. The lowest BCUT2D eigenvalue weighted by Gasteiger charge is -2.02. The molecule has 0 saturated carbocycles. The second kappa shape index (κ2) is 7.41. The third-order valence-electron chi connectivity index (χ3n) is 1.84. The van der Waals surface area contributed by atoms with E-state index in [9.17, 15) is 9.59 Å². The van der Waals surface area contributed by atoms with E-state index in [-0.39, 0.29) is 5.91 Å². The van der Waals surface area contributed by atoms with Crippen molar-refractivity contribution in [3.8, 4) is 0 Å². The maximum absolute atomic E-state index is 11.2. The molecule has 2 N–H and O–H groups in total. The molecule has 5 nitrogen and oxygen atoms in total. The Morgan fingerprint density at radius 1 is 1.47 bits per heavy atom. The molecule has 94 valence electrons. The van der Waals surface area contributed by atoms with E-state index in [2.05, 4.69) is 26.2 Å². The molecule has 1 amide bonds. The molecule has 17 heavy (non-hydrogen) atoms.